The minimum Gasteiger partial charge on any atom is -0.373 e. The van der Waals surface area contributed by atoms with Gasteiger partial charge in [-0.05, 0) is 25.6 Å². The van der Waals surface area contributed by atoms with Crippen LogP contribution in [-0.4, -0.2) is 32.1 Å². The molecular formula is C11H17N3O2. The fourth-order valence-electron chi connectivity index (χ4n) is 1.48. The van der Waals surface area contributed by atoms with E-state index in [1.165, 1.54) is 0 Å². The van der Waals surface area contributed by atoms with E-state index in [0.29, 0.717) is 0 Å². The number of nitro benzene ring substituents is 1. The van der Waals surface area contributed by atoms with Gasteiger partial charge in [0.2, 0.25) is 0 Å². The summed E-state index contributed by atoms with van der Waals surface area (Å²) < 4.78 is 0. The van der Waals surface area contributed by atoms with Crippen molar-refractivity contribution in [2.24, 2.45) is 0 Å². The topological polar surface area (TPSA) is 58.4 Å². The summed E-state index contributed by atoms with van der Waals surface area (Å²) in [6.07, 6.45) is 0. The predicted octanol–water partition coefficient (Wildman–Crippen LogP) is 1.56. The summed E-state index contributed by atoms with van der Waals surface area (Å²) in [5.41, 5.74) is 1.92. The highest BCUT2D eigenvalue weighted by Crippen LogP contribution is 2.22. The smallest absolute Gasteiger partial charge is 0.271 e. The van der Waals surface area contributed by atoms with E-state index in [1.54, 1.807) is 12.1 Å². The van der Waals surface area contributed by atoms with Gasteiger partial charge in [0, 0.05) is 38.0 Å². The Morgan fingerprint density at radius 3 is 2.69 bits per heavy atom. The SMILES string of the molecule is CNCCN(C)c1cc(C)cc([N+](=O)[O-])c1. The van der Waals surface area contributed by atoms with Crippen molar-refractivity contribution in [3.63, 3.8) is 0 Å². The van der Waals surface area contributed by atoms with E-state index in [2.05, 4.69) is 5.32 Å². The number of non-ortho nitro benzene ring substituents is 1. The fraction of sp³-hybridized carbons (Fsp3) is 0.455. The first kappa shape index (κ1) is 12.4. The Balaban J connectivity index is 2.91. The summed E-state index contributed by atoms with van der Waals surface area (Å²) in [6.45, 7) is 3.53. The van der Waals surface area contributed by atoms with Crippen molar-refractivity contribution in [3.05, 3.63) is 33.9 Å². The van der Waals surface area contributed by atoms with Gasteiger partial charge in [0.1, 0.15) is 0 Å². The summed E-state index contributed by atoms with van der Waals surface area (Å²) >= 11 is 0. The molecule has 0 aliphatic carbocycles. The maximum absolute atomic E-state index is 10.7. The Kier molecular flexibility index (Phi) is 4.25. The van der Waals surface area contributed by atoms with E-state index in [0.717, 1.165) is 24.3 Å². The number of aryl methyl sites for hydroxylation is 1. The molecule has 0 heterocycles. The summed E-state index contributed by atoms with van der Waals surface area (Å²) in [4.78, 5) is 12.4. The van der Waals surface area contributed by atoms with Crippen molar-refractivity contribution < 1.29 is 4.92 Å². The molecule has 88 valence electrons. The molecule has 1 aromatic rings. The van der Waals surface area contributed by atoms with Gasteiger partial charge in [-0.25, -0.2) is 0 Å². The molecule has 1 N–H and O–H groups in total. The lowest BCUT2D eigenvalue weighted by Gasteiger charge is -2.19. The third kappa shape index (κ3) is 3.20. The Morgan fingerprint density at radius 2 is 2.12 bits per heavy atom. The third-order valence-corrected chi connectivity index (χ3v) is 2.40. The van der Waals surface area contributed by atoms with Crippen molar-refractivity contribution in [3.8, 4) is 0 Å². The van der Waals surface area contributed by atoms with Crippen LogP contribution in [0.25, 0.3) is 0 Å². The zero-order chi connectivity index (χ0) is 12.1. The van der Waals surface area contributed by atoms with Crippen molar-refractivity contribution in [2.45, 2.75) is 6.92 Å². The molecule has 0 bridgehead atoms. The summed E-state index contributed by atoms with van der Waals surface area (Å²) in [5, 5.41) is 13.8. The normalized spacial score (nSPS) is 10.2. The van der Waals surface area contributed by atoms with Gasteiger partial charge >= 0.3 is 0 Å². The van der Waals surface area contributed by atoms with Gasteiger partial charge in [-0.1, -0.05) is 0 Å². The molecule has 0 radical (unpaired) electrons. The van der Waals surface area contributed by atoms with Gasteiger partial charge in [0.15, 0.2) is 0 Å². The molecule has 5 heteroatoms. The standard InChI is InChI=1S/C11H17N3O2/c1-9-6-10(13(3)5-4-12-2)8-11(7-9)14(15)16/h6-8,12H,4-5H2,1-3H3. The zero-order valence-electron chi connectivity index (χ0n) is 9.86. The van der Waals surface area contributed by atoms with Gasteiger partial charge in [-0.15, -0.1) is 0 Å². The van der Waals surface area contributed by atoms with Crippen molar-refractivity contribution in [2.75, 3.05) is 32.1 Å². The highest BCUT2D eigenvalue weighted by molar-refractivity contribution is 5.55. The van der Waals surface area contributed by atoms with Crippen LogP contribution in [-0.2, 0) is 0 Å². The van der Waals surface area contributed by atoms with Crippen molar-refractivity contribution in [1.29, 1.82) is 0 Å². The number of nitro groups is 1. The first-order valence-electron chi connectivity index (χ1n) is 5.16. The molecule has 0 atom stereocenters. The fourth-order valence-corrected chi connectivity index (χ4v) is 1.48. The van der Waals surface area contributed by atoms with E-state index >= 15 is 0 Å². The molecule has 1 rings (SSSR count). The molecule has 0 saturated heterocycles. The lowest BCUT2D eigenvalue weighted by molar-refractivity contribution is -0.384. The lowest BCUT2D eigenvalue weighted by Crippen LogP contribution is -2.27. The molecule has 0 spiro atoms. The maximum atomic E-state index is 10.7. The second-order valence-electron chi connectivity index (χ2n) is 3.81. The summed E-state index contributed by atoms with van der Waals surface area (Å²) in [6, 6.07) is 5.13. The van der Waals surface area contributed by atoms with Crippen molar-refractivity contribution >= 4 is 11.4 Å². The first-order chi connectivity index (χ1) is 7.54. The Morgan fingerprint density at radius 1 is 1.44 bits per heavy atom. The van der Waals surface area contributed by atoms with Gasteiger partial charge in [0.05, 0.1) is 4.92 Å². The highest BCUT2D eigenvalue weighted by Gasteiger charge is 2.10. The van der Waals surface area contributed by atoms with E-state index in [4.69, 9.17) is 0 Å². The van der Waals surface area contributed by atoms with Crippen LogP contribution in [0.3, 0.4) is 0 Å². The summed E-state index contributed by atoms with van der Waals surface area (Å²) in [5.74, 6) is 0. The third-order valence-electron chi connectivity index (χ3n) is 2.40. The van der Waals surface area contributed by atoms with E-state index in [9.17, 15) is 10.1 Å². The highest BCUT2D eigenvalue weighted by atomic mass is 16.6. The number of rotatable bonds is 5. The van der Waals surface area contributed by atoms with Crippen LogP contribution >= 0.6 is 0 Å². The molecule has 0 amide bonds. The van der Waals surface area contributed by atoms with Crippen LogP contribution in [0.4, 0.5) is 11.4 Å². The monoisotopic (exact) mass is 223 g/mol. The van der Waals surface area contributed by atoms with Gasteiger partial charge in [-0.2, -0.15) is 0 Å². The molecule has 5 nitrogen and oxygen atoms in total. The minimum absolute atomic E-state index is 0.145. The predicted molar refractivity (Wildman–Crippen MR) is 65.0 cm³/mol. The molecule has 0 aliphatic rings. The van der Waals surface area contributed by atoms with Crippen LogP contribution in [0.2, 0.25) is 0 Å². The minimum atomic E-state index is -0.359. The van der Waals surface area contributed by atoms with Crippen molar-refractivity contribution in [1.82, 2.24) is 5.32 Å². The maximum Gasteiger partial charge on any atom is 0.271 e. The van der Waals surface area contributed by atoms with Crippen LogP contribution in [0, 0.1) is 17.0 Å². The van der Waals surface area contributed by atoms with Crippen LogP contribution in [0.5, 0.6) is 0 Å². The Labute approximate surface area is 95.2 Å². The average molecular weight is 223 g/mol. The zero-order valence-corrected chi connectivity index (χ0v) is 9.86. The summed E-state index contributed by atoms with van der Waals surface area (Å²) in [7, 11) is 3.81. The Hall–Kier alpha value is -1.62. The number of nitrogens with one attached hydrogen (secondary N) is 1. The molecular weight excluding hydrogens is 206 g/mol. The van der Waals surface area contributed by atoms with E-state index < -0.39 is 0 Å². The van der Waals surface area contributed by atoms with E-state index in [1.807, 2.05) is 32.0 Å². The van der Waals surface area contributed by atoms with Gasteiger partial charge < -0.3 is 10.2 Å². The molecule has 16 heavy (non-hydrogen) atoms. The van der Waals surface area contributed by atoms with Gasteiger partial charge in [0.25, 0.3) is 5.69 Å². The number of benzene rings is 1. The molecule has 0 fully saturated rings. The van der Waals surface area contributed by atoms with E-state index in [-0.39, 0.29) is 10.6 Å². The van der Waals surface area contributed by atoms with Crippen LogP contribution < -0.4 is 10.2 Å². The molecule has 0 saturated carbocycles. The largest absolute Gasteiger partial charge is 0.373 e. The number of hydrogen-bond acceptors (Lipinski definition) is 4. The molecule has 0 unspecified atom stereocenters. The Bertz CT molecular complexity index is 379. The number of anilines is 1. The lowest BCUT2D eigenvalue weighted by atomic mass is 10.2. The quantitative estimate of drug-likeness (QED) is 0.608. The average Bonchev–Trinajstić information content (AvgIpc) is 2.24. The molecule has 0 aromatic heterocycles. The molecule has 0 aliphatic heterocycles. The number of likely N-dealkylation sites (N-methyl/N-ethyl adjacent to an activating group) is 2. The van der Waals surface area contributed by atoms with Crippen LogP contribution in [0.15, 0.2) is 18.2 Å². The number of nitrogens with zero attached hydrogens (tertiary/aromatic N) is 2. The number of hydrogen-bond donors (Lipinski definition) is 1. The second-order valence-corrected chi connectivity index (χ2v) is 3.81. The molecule has 1 aromatic carbocycles. The second kappa shape index (κ2) is 5.46. The van der Waals surface area contributed by atoms with Gasteiger partial charge in [-0.3, -0.25) is 10.1 Å². The van der Waals surface area contributed by atoms with Crippen LogP contribution in [0.1, 0.15) is 5.56 Å². The first-order valence-corrected chi connectivity index (χ1v) is 5.16.